The van der Waals surface area contributed by atoms with E-state index in [2.05, 4.69) is 0 Å². The van der Waals surface area contributed by atoms with Crippen LogP contribution in [-0.4, -0.2) is 0 Å². The second-order valence-corrected chi connectivity index (χ2v) is 6.55. The van der Waals surface area contributed by atoms with Crippen molar-refractivity contribution in [1.82, 2.24) is 0 Å². The van der Waals surface area contributed by atoms with Crippen LogP contribution in [0.2, 0.25) is 0 Å². The van der Waals surface area contributed by atoms with E-state index in [1.807, 2.05) is 13.0 Å². The topological polar surface area (TPSA) is 0 Å². The number of alkyl halides is 3. The Morgan fingerprint density at radius 2 is 1.94 bits per heavy atom. The fourth-order valence-electron chi connectivity index (χ4n) is 2.26. The second-order valence-electron chi connectivity index (χ2n) is 4.56. The maximum absolute atomic E-state index is 13.2. The Hall–Kier alpha value is -1.03. The average molecular weight is 257 g/mol. The molecule has 0 radical (unpaired) electrons. The summed E-state index contributed by atoms with van der Waals surface area (Å²) in [5.74, 6) is 0.173. The zero-order valence-corrected chi connectivity index (χ0v) is 10.2. The van der Waals surface area contributed by atoms with E-state index < -0.39 is 16.0 Å². The van der Waals surface area contributed by atoms with Gasteiger partial charge in [0, 0.05) is 17.4 Å². The molecule has 1 aromatic heterocycles. The Kier molecular flexibility index (Phi) is 2.27. The minimum atomic E-state index is -4.13. The summed E-state index contributed by atoms with van der Waals surface area (Å²) in [4.78, 5) is 0.613. The molecule has 0 saturated heterocycles. The fraction of sp³-hybridized carbons (Fsp3) is 0.385. The zero-order chi connectivity index (χ0) is 12.2. The van der Waals surface area contributed by atoms with Crippen LogP contribution in [0.15, 0.2) is 24.3 Å². The van der Waals surface area contributed by atoms with Crippen molar-refractivity contribution in [2.75, 3.05) is 0 Å². The summed E-state index contributed by atoms with van der Waals surface area (Å²) >= 11 is 0. The predicted molar refractivity (Wildman–Crippen MR) is 64.4 cm³/mol. The SMILES string of the molecule is Cc1cccc2c1cc(C1CC1)[s+]2C(F)(F)F. The number of rotatable bonds is 1. The Balaban J connectivity index is 2.35. The molecule has 1 aromatic carbocycles. The standard InChI is InChI=1S/C13H12F3S/c1-8-3-2-4-11-10(8)7-12(9-5-6-9)17(11)13(14,15)16/h2-4,7,9H,5-6H2,1H3/q+1. The number of aryl methyl sites for hydroxylation is 1. The number of hydrogen-bond acceptors (Lipinski definition) is 0. The van der Waals surface area contributed by atoms with Crippen LogP contribution in [0.1, 0.15) is 29.2 Å². The maximum atomic E-state index is 13.2. The summed E-state index contributed by atoms with van der Waals surface area (Å²) in [6, 6.07) is 7.02. The van der Waals surface area contributed by atoms with Crippen molar-refractivity contribution < 1.29 is 13.2 Å². The molecule has 1 aliphatic rings. The van der Waals surface area contributed by atoms with E-state index in [9.17, 15) is 13.2 Å². The van der Waals surface area contributed by atoms with Gasteiger partial charge < -0.3 is 0 Å². The van der Waals surface area contributed by atoms with Crippen molar-refractivity contribution in [2.45, 2.75) is 31.2 Å². The van der Waals surface area contributed by atoms with Gasteiger partial charge in [0.2, 0.25) is 0 Å². The van der Waals surface area contributed by atoms with Crippen LogP contribution in [0.25, 0.3) is 10.1 Å². The third kappa shape index (κ3) is 1.75. The molecule has 0 aliphatic heterocycles. The molecule has 3 rings (SSSR count). The highest BCUT2D eigenvalue weighted by Gasteiger charge is 2.51. The summed E-state index contributed by atoms with van der Waals surface area (Å²) in [6.07, 6.45) is 1.83. The summed E-state index contributed by atoms with van der Waals surface area (Å²) < 4.78 is 40.0. The van der Waals surface area contributed by atoms with Gasteiger partial charge in [-0.3, -0.25) is 0 Å². The molecule has 2 aromatic rings. The van der Waals surface area contributed by atoms with Gasteiger partial charge in [0.05, 0.1) is 10.5 Å². The van der Waals surface area contributed by atoms with Crippen molar-refractivity contribution in [3.63, 3.8) is 0 Å². The van der Waals surface area contributed by atoms with E-state index in [0.717, 1.165) is 23.8 Å². The Morgan fingerprint density at radius 1 is 1.24 bits per heavy atom. The van der Waals surface area contributed by atoms with Crippen molar-refractivity contribution in [1.29, 1.82) is 0 Å². The number of fused-ring (bicyclic) bond motifs is 1. The van der Waals surface area contributed by atoms with Gasteiger partial charge in [-0.1, -0.05) is 12.1 Å². The number of halogens is 3. The Morgan fingerprint density at radius 3 is 2.53 bits per heavy atom. The molecule has 1 aliphatic carbocycles. The Labute approximate surface area is 100 Å². The van der Waals surface area contributed by atoms with E-state index in [4.69, 9.17) is 0 Å². The van der Waals surface area contributed by atoms with Gasteiger partial charge in [-0.05, 0) is 31.4 Å². The number of benzene rings is 1. The fourth-order valence-corrected chi connectivity index (χ4v) is 4.49. The minimum absolute atomic E-state index is 0.173. The van der Waals surface area contributed by atoms with Crippen LogP contribution in [0, 0.1) is 6.92 Å². The molecule has 1 heterocycles. The Bertz CT molecular complexity index is 576. The molecular formula is C13H12F3S+. The highest BCUT2D eigenvalue weighted by Crippen LogP contribution is 2.57. The van der Waals surface area contributed by atoms with Crippen molar-refractivity contribution in [3.05, 3.63) is 34.7 Å². The van der Waals surface area contributed by atoms with E-state index in [1.54, 1.807) is 18.2 Å². The van der Waals surface area contributed by atoms with E-state index in [0.29, 0.717) is 9.58 Å². The quantitative estimate of drug-likeness (QED) is 0.612. The summed E-state index contributed by atoms with van der Waals surface area (Å²) in [5.41, 5.74) is -3.19. The average Bonchev–Trinajstić information content (AvgIpc) is 2.97. The maximum Gasteiger partial charge on any atom is 0.600 e. The first-order chi connectivity index (χ1) is 7.98. The predicted octanol–water partition coefficient (Wildman–Crippen LogP) is 5.25. The molecule has 0 bridgehead atoms. The third-order valence-corrected chi connectivity index (χ3v) is 5.42. The molecule has 4 heteroatoms. The lowest BCUT2D eigenvalue weighted by Crippen LogP contribution is -1.97. The molecule has 0 N–H and O–H groups in total. The normalized spacial score (nSPS) is 17.8. The zero-order valence-electron chi connectivity index (χ0n) is 9.34. The molecule has 1 saturated carbocycles. The van der Waals surface area contributed by atoms with Gasteiger partial charge in [-0.25, -0.2) is 0 Å². The van der Waals surface area contributed by atoms with E-state index in [1.165, 1.54) is 0 Å². The lowest BCUT2D eigenvalue weighted by molar-refractivity contribution is -0.0867. The van der Waals surface area contributed by atoms with Gasteiger partial charge in [0.15, 0.2) is 9.58 Å². The van der Waals surface area contributed by atoms with Crippen LogP contribution in [0.4, 0.5) is 13.2 Å². The smallest absolute Gasteiger partial charge is 0.118 e. The number of thiophene rings is 1. The van der Waals surface area contributed by atoms with Crippen LogP contribution in [-0.2, 0) is 5.51 Å². The minimum Gasteiger partial charge on any atom is -0.118 e. The summed E-state index contributed by atoms with van der Waals surface area (Å²) in [7, 11) is -1.67. The molecule has 0 spiro atoms. The molecule has 1 unspecified atom stereocenters. The first-order valence-corrected chi connectivity index (χ1v) is 6.83. The highest BCUT2D eigenvalue weighted by molar-refractivity contribution is 7.38. The van der Waals surface area contributed by atoms with Crippen LogP contribution in [0.3, 0.4) is 0 Å². The van der Waals surface area contributed by atoms with Crippen LogP contribution in [0.5, 0.6) is 0 Å². The van der Waals surface area contributed by atoms with Crippen molar-refractivity contribution >= 4 is 20.6 Å². The number of hydrogen-bond donors (Lipinski definition) is 0. The summed E-state index contributed by atoms with van der Waals surface area (Å²) in [5, 5.41) is 0.801. The van der Waals surface area contributed by atoms with Gasteiger partial charge in [-0.2, -0.15) is 0 Å². The van der Waals surface area contributed by atoms with Crippen molar-refractivity contribution in [2.24, 2.45) is 0 Å². The molecule has 17 heavy (non-hydrogen) atoms. The molecule has 1 fully saturated rings. The van der Waals surface area contributed by atoms with Crippen LogP contribution >= 0.6 is 10.5 Å². The second kappa shape index (κ2) is 3.48. The molecular weight excluding hydrogens is 245 g/mol. The highest BCUT2D eigenvalue weighted by atomic mass is 32.2. The lowest BCUT2D eigenvalue weighted by atomic mass is 10.1. The monoisotopic (exact) mass is 257 g/mol. The van der Waals surface area contributed by atoms with Gasteiger partial charge in [0.25, 0.3) is 0 Å². The van der Waals surface area contributed by atoms with Gasteiger partial charge in [-0.15, -0.1) is 13.2 Å². The first kappa shape index (κ1) is 11.1. The molecule has 1 atom stereocenters. The molecule has 0 nitrogen and oxygen atoms in total. The first-order valence-electron chi connectivity index (χ1n) is 5.61. The summed E-state index contributed by atoms with van der Waals surface area (Å²) in [6.45, 7) is 1.88. The lowest BCUT2D eigenvalue weighted by Gasteiger charge is -1.98. The van der Waals surface area contributed by atoms with Crippen LogP contribution < -0.4 is 0 Å². The van der Waals surface area contributed by atoms with Gasteiger partial charge >= 0.3 is 5.51 Å². The molecule has 90 valence electrons. The molecule has 0 amide bonds. The largest absolute Gasteiger partial charge is 0.600 e. The third-order valence-electron chi connectivity index (χ3n) is 3.24. The van der Waals surface area contributed by atoms with E-state index >= 15 is 0 Å². The van der Waals surface area contributed by atoms with E-state index in [-0.39, 0.29) is 5.92 Å². The van der Waals surface area contributed by atoms with Crippen molar-refractivity contribution in [3.8, 4) is 0 Å². The van der Waals surface area contributed by atoms with Gasteiger partial charge in [0.1, 0.15) is 0 Å².